The second kappa shape index (κ2) is 10.3. The van der Waals surface area contributed by atoms with Gasteiger partial charge in [-0.2, -0.15) is 4.02 Å². The maximum atomic E-state index is 15.6. The topological polar surface area (TPSA) is 63.6 Å². The molecule has 0 saturated carbocycles. The van der Waals surface area contributed by atoms with Crippen molar-refractivity contribution in [3.8, 4) is 17.2 Å². The molecule has 2 aromatic carbocycles. The Morgan fingerprint density at radius 3 is 2.56 bits per heavy atom. The number of ether oxygens (including phenoxy) is 3. The van der Waals surface area contributed by atoms with E-state index < -0.39 is 5.82 Å². The van der Waals surface area contributed by atoms with Gasteiger partial charge in [0.2, 0.25) is 0 Å². The number of nitrogens with zero attached hydrogens (tertiary/aromatic N) is 3. The molecule has 2 heterocycles. The lowest BCUT2D eigenvalue weighted by Crippen LogP contribution is -2.33. The fraction of sp³-hybridized carbons (Fsp3) is 0.481. The Hall–Kier alpha value is -2.81. The number of halogens is 2. The van der Waals surface area contributed by atoms with Crippen molar-refractivity contribution in [2.24, 2.45) is 4.02 Å². The largest absolute Gasteiger partial charge is 0.490 e. The van der Waals surface area contributed by atoms with E-state index in [2.05, 4.69) is 45.8 Å². The molecule has 0 atom stereocenters. The molecule has 0 amide bonds. The normalized spacial score (nSPS) is 16.1. The van der Waals surface area contributed by atoms with Crippen molar-refractivity contribution in [2.75, 3.05) is 44.9 Å². The van der Waals surface area contributed by atoms with Crippen LogP contribution in [0.5, 0.6) is 17.2 Å². The number of carbonyl (C=O) groups is 1. The van der Waals surface area contributed by atoms with Crippen molar-refractivity contribution in [3.05, 3.63) is 46.3 Å². The first kappa shape index (κ1) is 26.3. The van der Waals surface area contributed by atoms with Crippen LogP contribution >= 0.6 is 16.1 Å². The first-order valence-electron chi connectivity index (χ1n) is 12.2. The molecule has 194 valence electrons. The first-order chi connectivity index (χ1) is 17.1. The number of hydrogen-bond donors (Lipinski definition) is 0. The number of rotatable bonds is 7. The van der Waals surface area contributed by atoms with Gasteiger partial charge in [-0.3, -0.25) is 4.79 Å². The zero-order valence-corrected chi connectivity index (χ0v) is 23.3. The molecule has 2 aliphatic rings. The van der Waals surface area contributed by atoms with E-state index in [1.165, 1.54) is 0 Å². The highest BCUT2D eigenvalue weighted by Crippen LogP contribution is 2.42. The Bertz CT molecular complexity index is 1210. The summed E-state index contributed by atoms with van der Waals surface area (Å²) in [6.07, 6.45) is 0. The summed E-state index contributed by atoms with van der Waals surface area (Å²) in [5.74, 6) is 0.984. The molecular formula is C27H33BrFN3O4. The summed E-state index contributed by atoms with van der Waals surface area (Å²) < 4.78 is 37.0. The summed E-state index contributed by atoms with van der Waals surface area (Å²) in [6, 6.07) is 5.59. The molecule has 0 bridgehead atoms. The van der Waals surface area contributed by atoms with E-state index in [0.717, 1.165) is 23.5 Å². The van der Waals surface area contributed by atoms with E-state index in [1.807, 2.05) is 26.1 Å². The summed E-state index contributed by atoms with van der Waals surface area (Å²) in [6.45, 7) is 12.4. The Kier molecular flexibility index (Phi) is 7.50. The van der Waals surface area contributed by atoms with E-state index in [4.69, 9.17) is 14.2 Å². The third kappa shape index (κ3) is 4.77. The van der Waals surface area contributed by atoms with Crippen LogP contribution in [0.1, 0.15) is 61.7 Å². The Balaban J connectivity index is 1.69. The van der Waals surface area contributed by atoms with Gasteiger partial charge < -0.3 is 24.0 Å². The van der Waals surface area contributed by atoms with Crippen molar-refractivity contribution in [3.63, 3.8) is 0 Å². The Morgan fingerprint density at radius 2 is 1.92 bits per heavy atom. The highest BCUT2D eigenvalue weighted by molar-refractivity contribution is 9.08. The number of fused-ring (bicyclic) bond motifs is 2. The summed E-state index contributed by atoms with van der Waals surface area (Å²) in [5, 5.41) is 0. The highest BCUT2D eigenvalue weighted by Gasteiger charge is 2.35. The molecule has 7 nitrogen and oxygen atoms in total. The van der Waals surface area contributed by atoms with Crippen molar-refractivity contribution in [1.29, 1.82) is 0 Å². The quantitative estimate of drug-likeness (QED) is 0.415. The van der Waals surface area contributed by atoms with Gasteiger partial charge in [0, 0.05) is 24.7 Å². The van der Waals surface area contributed by atoms with Crippen LogP contribution in [0.15, 0.2) is 22.2 Å². The van der Waals surface area contributed by atoms with Gasteiger partial charge in [0.1, 0.15) is 18.2 Å². The molecule has 2 aliphatic heterocycles. The number of Topliss-reactive ketones (excluding diaryl/α,β-unsaturated/α-hetero) is 1. The van der Waals surface area contributed by atoms with Crippen LogP contribution in [0, 0.1) is 5.82 Å². The monoisotopic (exact) mass is 561 g/mol. The van der Waals surface area contributed by atoms with Crippen LogP contribution in [-0.4, -0.2) is 56.5 Å². The highest BCUT2D eigenvalue weighted by atomic mass is 79.9. The van der Waals surface area contributed by atoms with Crippen molar-refractivity contribution in [1.82, 2.24) is 4.90 Å². The molecular weight excluding hydrogens is 529 g/mol. The zero-order chi connectivity index (χ0) is 26.2. The second-order valence-corrected chi connectivity index (χ2v) is 10.4. The molecule has 0 N–H and O–H groups in total. The van der Waals surface area contributed by atoms with E-state index >= 15 is 4.39 Å². The molecule has 36 heavy (non-hydrogen) atoms. The first-order valence-corrected chi connectivity index (χ1v) is 12.9. The van der Waals surface area contributed by atoms with Gasteiger partial charge in [0.05, 0.1) is 53.7 Å². The molecule has 2 aromatic rings. The van der Waals surface area contributed by atoms with Gasteiger partial charge in [-0.15, -0.1) is 0 Å². The zero-order valence-electron chi connectivity index (χ0n) is 21.7. The number of amidine groups is 1. The molecule has 0 saturated heterocycles. The minimum Gasteiger partial charge on any atom is -0.490 e. The third-order valence-electron chi connectivity index (χ3n) is 6.44. The Morgan fingerprint density at radius 1 is 1.19 bits per heavy atom. The second-order valence-electron chi connectivity index (χ2n) is 10.00. The van der Waals surface area contributed by atoms with Crippen molar-refractivity contribution >= 4 is 33.5 Å². The van der Waals surface area contributed by atoms with Gasteiger partial charge in [0.15, 0.2) is 23.1 Å². The molecule has 9 heteroatoms. The standard InChI is InChI=1S/C27H33BrFN3O4/c1-7-34-21-13-17-14-32(26(30-28)22(17)23(29)25(21)35-8-2)15-20(33)16-11-18(27(3,4)5)24-19(12-16)31(6)9-10-36-24/h11-13H,7-10,14-15H2,1-6H3. The lowest BCUT2D eigenvalue weighted by molar-refractivity contribution is 0.0963. The summed E-state index contributed by atoms with van der Waals surface area (Å²) in [5.41, 5.74) is 3.29. The van der Waals surface area contributed by atoms with Crippen LogP contribution in [0.3, 0.4) is 0 Å². The molecule has 0 aromatic heterocycles. The van der Waals surface area contributed by atoms with Crippen LogP contribution in [-0.2, 0) is 12.0 Å². The van der Waals surface area contributed by atoms with Gasteiger partial charge in [-0.05, 0) is 43.0 Å². The minimum atomic E-state index is -0.534. The Labute approximate surface area is 220 Å². The van der Waals surface area contributed by atoms with Crippen LogP contribution in [0.2, 0.25) is 0 Å². The molecule has 4 rings (SSSR count). The number of hydrogen-bond acceptors (Lipinski definition) is 6. The summed E-state index contributed by atoms with van der Waals surface area (Å²) in [7, 11) is 2.00. The maximum absolute atomic E-state index is 15.6. The maximum Gasteiger partial charge on any atom is 0.197 e. The smallest absolute Gasteiger partial charge is 0.197 e. The molecule has 0 radical (unpaired) electrons. The van der Waals surface area contributed by atoms with Crippen molar-refractivity contribution < 1.29 is 23.4 Å². The third-order valence-corrected chi connectivity index (χ3v) is 6.78. The summed E-state index contributed by atoms with van der Waals surface area (Å²) >= 11 is 3.15. The molecule has 0 unspecified atom stereocenters. The van der Waals surface area contributed by atoms with Crippen LogP contribution < -0.4 is 19.1 Å². The molecule has 0 aliphatic carbocycles. The lowest BCUT2D eigenvalue weighted by Gasteiger charge is -2.33. The number of benzene rings is 2. The summed E-state index contributed by atoms with van der Waals surface area (Å²) in [4.78, 5) is 17.5. The lowest BCUT2D eigenvalue weighted by atomic mass is 9.84. The average Bonchev–Trinajstić information content (AvgIpc) is 3.17. The van der Waals surface area contributed by atoms with Crippen molar-refractivity contribution in [2.45, 2.75) is 46.6 Å². The van der Waals surface area contributed by atoms with Gasteiger partial charge >= 0.3 is 0 Å². The fourth-order valence-electron chi connectivity index (χ4n) is 4.67. The van der Waals surface area contributed by atoms with E-state index in [1.54, 1.807) is 17.9 Å². The SMILES string of the molecule is CCOc1cc2c(c(F)c1OCC)C(=NBr)N(CC(=O)c1cc3c(c(C(C)(C)C)c1)OCCN3C)C2. The van der Waals surface area contributed by atoms with E-state index in [0.29, 0.717) is 54.6 Å². The minimum absolute atomic E-state index is 0.0411. The molecule has 0 fully saturated rings. The number of carbonyl (C=O) groups excluding carboxylic acids is 1. The van der Waals surface area contributed by atoms with E-state index in [9.17, 15) is 4.79 Å². The van der Waals surface area contributed by atoms with E-state index in [-0.39, 0.29) is 23.5 Å². The number of anilines is 1. The van der Waals surface area contributed by atoms with Gasteiger partial charge in [-0.1, -0.05) is 20.8 Å². The predicted molar refractivity (Wildman–Crippen MR) is 143 cm³/mol. The van der Waals surface area contributed by atoms with Gasteiger partial charge in [0.25, 0.3) is 0 Å². The average molecular weight is 562 g/mol. The van der Waals surface area contributed by atoms with Crippen LogP contribution in [0.4, 0.5) is 10.1 Å². The molecule has 0 spiro atoms. The number of ketones is 1. The van der Waals surface area contributed by atoms with Crippen LogP contribution in [0.25, 0.3) is 0 Å². The fourth-order valence-corrected chi connectivity index (χ4v) is 5.07. The predicted octanol–water partition coefficient (Wildman–Crippen LogP) is 5.50. The number of likely N-dealkylation sites (N-methyl/N-ethyl adjacent to an activating group) is 1. The van der Waals surface area contributed by atoms with Gasteiger partial charge in [-0.25, -0.2) is 4.39 Å².